The summed E-state index contributed by atoms with van der Waals surface area (Å²) >= 11 is 1.84. The second-order valence-electron chi connectivity index (χ2n) is 6.96. The number of hydrogen-bond donors (Lipinski definition) is 0. The molecule has 0 spiro atoms. The number of thiophene rings is 1. The summed E-state index contributed by atoms with van der Waals surface area (Å²) in [5, 5.41) is 6.60. The van der Waals surface area contributed by atoms with Crippen molar-refractivity contribution >= 4 is 17.2 Å². The first-order valence-corrected chi connectivity index (χ1v) is 9.63. The highest BCUT2D eigenvalue weighted by atomic mass is 32.1. The molecule has 4 heterocycles. The van der Waals surface area contributed by atoms with Crippen LogP contribution in [0.1, 0.15) is 34.9 Å². The average Bonchev–Trinajstić information content (AvgIpc) is 3.23. The molecule has 2 aliphatic rings. The van der Waals surface area contributed by atoms with E-state index in [1.807, 2.05) is 27.1 Å². The molecule has 6 heteroatoms. The Bertz CT molecular complexity index is 722. The van der Waals surface area contributed by atoms with Crippen molar-refractivity contribution < 1.29 is 4.79 Å². The van der Waals surface area contributed by atoms with Crippen molar-refractivity contribution in [3.63, 3.8) is 0 Å². The molecular weight excluding hydrogens is 320 g/mol. The second-order valence-corrected chi connectivity index (χ2v) is 7.96. The molecular formula is C18H24N4OS. The van der Waals surface area contributed by atoms with Crippen LogP contribution in [0.25, 0.3) is 0 Å². The van der Waals surface area contributed by atoms with E-state index in [2.05, 4.69) is 34.6 Å². The SMILES string of the molecule is Cc1cnn([C@@H]2CCCN(C(=O)CN3CCc4sccc4C3)C2)c1. The van der Waals surface area contributed by atoms with Gasteiger partial charge in [-0.1, -0.05) is 0 Å². The maximum absolute atomic E-state index is 12.8. The van der Waals surface area contributed by atoms with Crippen molar-refractivity contribution in [3.8, 4) is 0 Å². The van der Waals surface area contributed by atoms with Gasteiger partial charge in [0.05, 0.1) is 18.8 Å². The fraction of sp³-hybridized carbons (Fsp3) is 0.556. The lowest BCUT2D eigenvalue weighted by atomic mass is 10.1. The molecule has 1 saturated heterocycles. The third-order valence-electron chi connectivity index (χ3n) is 5.10. The van der Waals surface area contributed by atoms with E-state index in [1.54, 1.807) is 0 Å². The van der Waals surface area contributed by atoms with Crippen molar-refractivity contribution in [1.29, 1.82) is 0 Å². The smallest absolute Gasteiger partial charge is 0.236 e. The monoisotopic (exact) mass is 344 g/mol. The van der Waals surface area contributed by atoms with E-state index in [1.165, 1.54) is 16.0 Å². The van der Waals surface area contributed by atoms with Gasteiger partial charge in [-0.3, -0.25) is 14.4 Å². The van der Waals surface area contributed by atoms with Crippen molar-refractivity contribution in [3.05, 3.63) is 39.8 Å². The van der Waals surface area contributed by atoms with Crippen molar-refractivity contribution in [2.45, 2.75) is 38.8 Å². The Morgan fingerprint density at radius 3 is 3.17 bits per heavy atom. The molecule has 2 aromatic rings. The van der Waals surface area contributed by atoms with E-state index in [9.17, 15) is 4.79 Å². The minimum absolute atomic E-state index is 0.266. The summed E-state index contributed by atoms with van der Waals surface area (Å²) in [5.74, 6) is 0.266. The molecule has 1 amide bonds. The molecule has 1 fully saturated rings. The molecule has 0 saturated carbocycles. The number of aryl methyl sites for hydroxylation is 1. The van der Waals surface area contributed by atoms with Crippen molar-refractivity contribution in [1.82, 2.24) is 19.6 Å². The highest BCUT2D eigenvalue weighted by molar-refractivity contribution is 7.10. The van der Waals surface area contributed by atoms with Gasteiger partial charge in [0, 0.05) is 37.3 Å². The van der Waals surface area contributed by atoms with E-state index < -0.39 is 0 Å². The first kappa shape index (κ1) is 15.8. The molecule has 2 aromatic heterocycles. The highest BCUT2D eigenvalue weighted by Gasteiger charge is 2.27. The van der Waals surface area contributed by atoms with Gasteiger partial charge in [0.1, 0.15) is 0 Å². The maximum Gasteiger partial charge on any atom is 0.236 e. The number of carbonyl (C=O) groups excluding carboxylic acids is 1. The van der Waals surface area contributed by atoms with Crippen molar-refractivity contribution in [2.24, 2.45) is 0 Å². The van der Waals surface area contributed by atoms with E-state index in [-0.39, 0.29) is 5.91 Å². The van der Waals surface area contributed by atoms with E-state index in [0.717, 1.165) is 45.4 Å². The third kappa shape index (κ3) is 3.26. The first-order valence-electron chi connectivity index (χ1n) is 8.75. The molecule has 0 bridgehead atoms. The van der Waals surface area contributed by atoms with E-state index in [0.29, 0.717) is 12.6 Å². The van der Waals surface area contributed by atoms with Crippen molar-refractivity contribution in [2.75, 3.05) is 26.2 Å². The van der Waals surface area contributed by atoms with Gasteiger partial charge in [0.2, 0.25) is 5.91 Å². The Balaban J connectivity index is 1.36. The van der Waals surface area contributed by atoms with Crippen LogP contribution in [0.5, 0.6) is 0 Å². The fourth-order valence-electron chi connectivity index (χ4n) is 3.76. The lowest BCUT2D eigenvalue weighted by Gasteiger charge is -2.35. The third-order valence-corrected chi connectivity index (χ3v) is 6.12. The largest absolute Gasteiger partial charge is 0.339 e. The van der Waals surface area contributed by atoms with Gasteiger partial charge in [-0.2, -0.15) is 5.10 Å². The molecule has 128 valence electrons. The molecule has 1 atom stereocenters. The summed E-state index contributed by atoms with van der Waals surface area (Å²) in [5.41, 5.74) is 2.58. The summed E-state index contributed by atoms with van der Waals surface area (Å²) in [4.78, 5) is 18.6. The number of hydrogen-bond acceptors (Lipinski definition) is 4. The lowest BCUT2D eigenvalue weighted by Crippen LogP contribution is -2.46. The zero-order valence-corrected chi connectivity index (χ0v) is 15.0. The Kier molecular flexibility index (Phi) is 4.41. The quantitative estimate of drug-likeness (QED) is 0.859. The van der Waals surface area contributed by atoms with E-state index >= 15 is 0 Å². The zero-order valence-electron chi connectivity index (χ0n) is 14.1. The van der Waals surface area contributed by atoms with Crippen LogP contribution >= 0.6 is 11.3 Å². The van der Waals surface area contributed by atoms with Crippen LogP contribution in [0.2, 0.25) is 0 Å². The fourth-order valence-corrected chi connectivity index (χ4v) is 4.65. The molecule has 24 heavy (non-hydrogen) atoms. The number of piperidine rings is 1. The zero-order chi connectivity index (χ0) is 16.5. The van der Waals surface area contributed by atoms with Crippen LogP contribution in [0, 0.1) is 6.92 Å². The van der Waals surface area contributed by atoms with Gasteiger partial charge in [0.15, 0.2) is 0 Å². The van der Waals surface area contributed by atoms with Crippen LogP contribution in [0.15, 0.2) is 23.8 Å². The minimum Gasteiger partial charge on any atom is -0.339 e. The molecule has 0 N–H and O–H groups in total. The highest BCUT2D eigenvalue weighted by Crippen LogP contribution is 2.25. The van der Waals surface area contributed by atoms with Gasteiger partial charge in [-0.25, -0.2) is 0 Å². The number of amides is 1. The molecule has 4 rings (SSSR count). The number of carbonyl (C=O) groups is 1. The predicted octanol–water partition coefficient (Wildman–Crippen LogP) is 2.47. The first-order chi connectivity index (χ1) is 11.7. The van der Waals surface area contributed by atoms with Crippen LogP contribution < -0.4 is 0 Å². The topological polar surface area (TPSA) is 41.4 Å². The molecule has 0 unspecified atom stereocenters. The van der Waals surface area contributed by atoms with Gasteiger partial charge in [-0.15, -0.1) is 11.3 Å². The number of rotatable bonds is 3. The Hall–Kier alpha value is -1.66. The van der Waals surface area contributed by atoms with Gasteiger partial charge < -0.3 is 4.90 Å². The summed E-state index contributed by atoms with van der Waals surface area (Å²) in [6.07, 6.45) is 7.22. The summed E-state index contributed by atoms with van der Waals surface area (Å²) < 4.78 is 2.04. The Morgan fingerprint density at radius 2 is 2.33 bits per heavy atom. The summed E-state index contributed by atoms with van der Waals surface area (Å²) in [7, 11) is 0. The maximum atomic E-state index is 12.8. The predicted molar refractivity (Wildman–Crippen MR) is 95.1 cm³/mol. The number of nitrogens with zero attached hydrogens (tertiary/aromatic N) is 4. The summed E-state index contributed by atoms with van der Waals surface area (Å²) in [6, 6.07) is 2.52. The standard InChI is InChI=1S/C18H24N4OS/c1-14-9-19-22(10-14)16-3-2-6-21(12-16)18(23)13-20-7-4-17-15(11-20)5-8-24-17/h5,8-10,16H,2-4,6-7,11-13H2,1H3/t16-/m1/s1. The minimum atomic E-state index is 0.266. The summed E-state index contributed by atoms with van der Waals surface area (Å²) in [6.45, 7) is 6.18. The van der Waals surface area contributed by atoms with E-state index in [4.69, 9.17) is 0 Å². The number of aromatic nitrogens is 2. The van der Waals surface area contributed by atoms with Crippen LogP contribution in [-0.4, -0.2) is 51.7 Å². The molecule has 0 radical (unpaired) electrons. The number of likely N-dealkylation sites (tertiary alicyclic amines) is 1. The Morgan fingerprint density at radius 1 is 1.42 bits per heavy atom. The van der Waals surface area contributed by atoms with Gasteiger partial charge >= 0.3 is 0 Å². The number of fused-ring (bicyclic) bond motifs is 1. The van der Waals surface area contributed by atoms with Gasteiger partial charge in [-0.05, 0) is 48.8 Å². The lowest BCUT2D eigenvalue weighted by molar-refractivity contribution is -0.134. The Labute approximate surface area is 146 Å². The molecule has 5 nitrogen and oxygen atoms in total. The van der Waals surface area contributed by atoms with Crippen LogP contribution in [0.3, 0.4) is 0 Å². The van der Waals surface area contributed by atoms with Crippen LogP contribution in [-0.2, 0) is 17.8 Å². The van der Waals surface area contributed by atoms with Crippen LogP contribution in [0.4, 0.5) is 0 Å². The molecule has 2 aliphatic heterocycles. The molecule has 0 aromatic carbocycles. The second kappa shape index (κ2) is 6.69. The van der Waals surface area contributed by atoms with Gasteiger partial charge in [0.25, 0.3) is 0 Å². The average molecular weight is 344 g/mol. The molecule has 0 aliphatic carbocycles. The normalized spacial score (nSPS) is 21.7.